The molecular weight excluding hydrogens is 330 g/mol. The van der Waals surface area contributed by atoms with Crippen molar-refractivity contribution >= 4 is 17.7 Å². The maximum absolute atomic E-state index is 10.9. The van der Waals surface area contributed by atoms with E-state index in [0.29, 0.717) is 12.2 Å². The monoisotopic (exact) mass is 351 g/mol. The fraction of sp³-hybridized carbons (Fsp3) is 0.200. The number of primary amides is 1. The van der Waals surface area contributed by atoms with Crippen LogP contribution in [-0.4, -0.2) is 21.6 Å². The zero-order chi connectivity index (χ0) is 17.8. The van der Waals surface area contributed by atoms with Gasteiger partial charge in [0.2, 0.25) is 5.91 Å². The minimum Gasteiger partial charge on any atom is -0.370 e. The first kappa shape index (κ1) is 17.3. The molecule has 3 aromatic rings. The molecule has 0 unspecified atom stereocenters. The van der Waals surface area contributed by atoms with Crippen LogP contribution in [0.1, 0.15) is 17.5 Å². The Morgan fingerprint density at radius 2 is 1.56 bits per heavy atom. The molecule has 0 saturated heterocycles. The summed E-state index contributed by atoms with van der Waals surface area (Å²) in [5.41, 5.74) is 11.7. The minimum absolute atomic E-state index is 0.295. The molecular formula is C20H21N3OS. The SMILES string of the molecule is Cc1ccc(-c2nc(SCCC(N)=O)[nH]c2-c2ccc(C)cc2)cc1. The number of imidazole rings is 1. The Morgan fingerprint density at radius 1 is 1.00 bits per heavy atom. The van der Waals surface area contributed by atoms with Gasteiger partial charge in [-0.3, -0.25) is 4.79 Å². The zero-order valence-corrected chi connectivity index (χ0v) is 15.2. The Bertz CT molecular complexity index is 804. The second-order valence-electron chi connectivity index (χ2n) is 6.06. The van der Waals surface area contributed by atoms with E-state index >= 15 is 0 Å². The Morgan fingerprint density at radius 3 is 2.12 bits per heavy atom. The van der Waals surface area contributed by atoms with Gasteiger partial charge in [-0.2, -0.15) is 0 Å². The predicted octanol–water partition coefficient (Wildman–Crippen LogP) is 4.33. The molecule has 3 N–H and O–H groups in total. The van der Waals surface area contributed by atoms with Crippen molar-refractivity contribution in [3.8, 4) is 22.5 Å². The van der Waals surface area contributed by atoms with Crippen LogP contribution in [0.25, 0.3) is 22.5 Å². The number of nitrogens with two attached hydrogens (primary N) is 1. The summed E-state index contributed by atoms with van der Waals surface area (Å²) >= 11 is 1.51. The average Bonchev–Trinajstić information content (AvgIpc) is 3.00. The number of hydrogen-bond acceptors (Lipinski definition) is 3. The predicted molar refractivity (Wildman–Crippen MR) is 103 cm³/mol. The first-order chi connectivity index (χ1) is 12.0. The highest BCUT2D eigenvalue weighted by atomic mass is 32.2. The summed E-state index contributed by atoms with van der Waals surface area (Å²) < 4.78 is 0. The number of aromatic amines is 1. The number of amides is 1. The first-order valence-corrected chi connectivity index (χ1v) is 9.16. The number of carbonyl (C=O) groups is 1. The number of aromatic nitrogens is 2. The fourth-order valence-corrected chi connectivity index (χ4v) is 3.34. The Hall–Kier alpha value is -2.53. The molecule has 0 bridgehead atoms. The number of rotatable bonds is 6. The van der Waals surface area contributed by atoms with Gasteiger partial charge in [0.15, 0.2) is 5.16 Å². The largest absolute Gasteiger partial charge is 0.370 e. The number of H-pyrrole nitrogens is 1. The van der Waals surface area contributed by atoms with Crippen LogP contribution in [-0.2, 0) is 4.79 Å². The van der Waals surface area contributed by atoms with Gasteiger partial charge in [0, 0.05) is 23.3 Å². The standard InChI is InChI=1S/C20H21N3OS/c1-13-3-7-15(8-4-13)18-19(16-9-5-14(2)6-10-16)23-20(22-18)25-12-11-17(21)24/h3-10H,11-12H2,1-2H3,(H2,21,24)(H,22,23). The summed E-state index contributed by atoms with van der Waals surface area (Å²) in [5, 5.41) is 0.799. The van der Waals surface area contributed by atoms with Gasteiger partial charge in [0.1, 0.15) is 0 Å². The molecule has 0 aliphatic carbocycles. The number of carbonyl (C=O) groups excluding carboxylic acids is 1. The van der Waals surface area contributed by atoms with Gasteiger partial charge in [-0.1, -0.05) is 71.4 Å². The van der Waals surface area contributed by atoms with Crippen molar-refractivity contribution in [3.05, 3.63) is 59.7 Å². The van der Waals surface area contributed by atoms with Gasteiger partial charge >= 0.3 is 0 Å². The molecule has 2 aromatic carbocycles. The quantitative estimate of drug-likeness (QED) is 0.649. The second-order valence-corrected chi connectivity index (χ2v) is 7.15. The number of nitrogens with zero attached hydrogens (tertiary/aromatic N) is 1. The van der Waals surface area contributed by atoms with Crippen molar-refractivity contribution in [2.24, 2.45) is 5.73 Å². The van der Waals surface area contributed by atoms with Crippen LogP contribution in [0.3, 0.4) is 0 Å². The molecule has 0 aliphatic heterocycles. The maximum atomic E-state index is 10.9. The van der Waals surface area contributed by atoms with Crippen LogP contribution in [0, 0.1) is 13.8 Å². The highest BCUT2D eigenvalue weighted by Gasteiger charge is 2.14. The number of benzene rings is 2. The van der Waals surface area contributed by atoms with Crippen LogP contribution >= 0.6 is 11.8 Å². The summed E-state index contributed by atoms with van der Waals surface area (Å²) in [6.07, 6.45) is 0.338. The molecule has 0 aliphatic rings. The number of nitrogens with one attached hydrogen (secondary N) is 1. The van der Waals surface area contributed by atoms with E-state index in [-0.39, 0.29) is 5.91 Å². The summed E-state index contributed by atoms with van der Waals surface area (Å²) in [6, 6.07) is 16.7. The van der Waals surface area contributed by atoms with Gasteiger partial charge in [-0.05, 0) is 13.8 Å². The van der Waals surface area contributed by atoms with Crippen LogP contribution < -0.4 is 5.73 Å². The van der Waals surface area contributed by atoms with Crippen molar-refractivity contribution in [3.63, 3.8) is 0 Å². The smallest absolute Gasteiger partial charge is 0.218 e. The molecule has 0 atom stereocenters. The third-order valence-electron chi connectivity index (χ3n) is 3.93. The molecule has 0 spiro atoms. The van der Waals surface area contributed by atoms with E-state index in [0.717, 1.165) is 27.7 Å². The van der Waals surface area contributed by atoms with E-state index in [2.05, 4.69) is 67.4 Å². The van der Waals surface area contributed by atoms with E-state index in [1.54, 1.807) is 0 Å². The van der Waals surface area contributed by atoms with Crippen molar-refractivity contribution in [2.45, 2.75) is 25.4 Å². The Labute approximate surface area is 151 Å². The molecule has 1 heterocycles. The Balaban J connectivity index is 1.98. The van der Waals surface area contributed by atoms with Gasteiger partial charge in [-0.25, -0.2) is 4.98 Å². The zero-order valence-electron chi connectivity index (χ0n) is 14.4. The van der Waals surface area contributed by atoms with Crippen LogP contribution in [0.5, 0.6) is 0 Å². The lowest BCUT2D eigenvalue weighted by atomic mass is 10.0. The minimum atomic E-state index is -0.295. The topological polar surface area (TPSA) is 71.8 Å². The molecule has 5 heteroatoms. The number of hydrogen-bond donors (Lipinski definition) is 2. The number of thioether (sulfide) groups is 1. The van der Waals surface area contributed by atoms with Crippen LogP contribution in [0.2, 0.25) is 0 Å². The van der Waals surface area contributed by atoms with E-state index in [1.807, 2.05) is 0 Å². The van der Waals surface area contributed by atoms with E-state index in [9.17, 15) is 4.79 Å². The normalized spacial score (nSPS) is 10.8. The maximum Gasteiger partial charge on any atom is 0.218 e. The lowest BCUT2D eigenvalue weighted by Gasteiger charge is -2.04. The third kappa shape index (κ3) is 4.31. The Kier molecular flexibility index (Phi) is 5.24. The third-order valence-corrected chi connectivity index (χ3v) is 4.81. The van der Waals surface area contributed by atoms with E-state index < -0.39 is 0 Å². The molecule has 1 amide bonds. The number of aryl methyl sites for hydroxylation is 2. The summed E-state index contributed by atoms with van der Waals surface area (Å²) in [5.74, 6) is 0.320. The van der Waals surface area contributed by atoms with Crippen LogP contribution in [0.15, 0.2) is 53.7 Å². The summed E-state index contributed by atoms with van der Waals surface area (Å²) in [7, 11) is 0. The van der Waals surface area contributed by atoms with Crippen molar-refractivity contribution in [2.75, 3.05) is 5.75 Å². The molecule has 0 radical (unpaired) electrons. The van der Waals surface area contributed by atoms with Gasteiger partial charge < -0.3 is 10.7 Å². The highest BCUT2D eigenvalue weighted by Crippen LogP contribution is 2.33. The van der Waals surface area contributed by atoms with Crippen molar-refractivity contribution < 1.29 is 4.79 Å². The van der Waals surface area contributed by atoms with E-state index in [4.69, 9.17) is 10.7 Å². The molecule has 25 heavy (non-hydrogen) atoms. The summed E-state index contributed by atoms with van der Waals surface area (Å²) in [4.78, 5) is 19.1. The van der Waals surface area contributed by atoms with E-state index in [1.165, 1.54) is 22.9 Å². The average molecular weight is 351 g/mol. The molecule has 0 saturated carbocycles. The van der Waals surface area contributed by atoms with Gasteiger partial charge in [-0.15, -0.1) is 0 Å². The lowest BCUT2D eigenvalue weighted by molar-refractivity contribution is -0.117. The van der Waals surface area contributed by atoms with Crippen molar-refractivity contribution in [1.82, 2.24) is 9.97 Å². The molecule has 0 fully saturated rings. The molecule has 1 aromatic heterocycles. The molecule has 128 valence electrons. The molecule has 4 nitrogen and oxygen atoms in total. The highest BCUT2D eigenvalue weighted by molar-refractivity contribution is 7.99. The fourth-order valence-electron chi connectivity index (χ4n) is 2.52. The second kappa shape index (κ2) is 7.57. The van der Waals surface area contributed by atoms with Crippen LogP contribution in [0.4, 0.5) is 0 Å². The first-order valence-electron chi connectivity index (χ1n) is 8.18. The van der Waals surface area contributed by atoms with Crippen molar-refractivity contribution in [1.29, 1.82) is 0 Å². The van der Waals surface area contributed by atoms with Gasteiger partial charge in [0.05, 0.1) is 11.4 Å². The molecule has 3 rings (SSSR count). The summed E-state index contributed by atoms with van der Waals surface area (Å²) in [6.45, 7) is 4.14. The van der Waals surface area contributed by atoms with Gasteiger partial charge in [0.25, 0.3) is 0 Å². The lowest BCUT2D eigenvalue weighted by Crippen LogP contribution is -2.10.